The van der Waals surface area contributed by atoms with Gasteiger partial charge in [0.25, 0.3) is 0 Å². The van der Waals surface area contributed by atoms with E-state index >= 15 is 0 Å². The highest BCUT2D eigenvalue weighted by molar-refractivity contribution is 5.80. The minimum atomic E-state index is -0.707. The molecule has 2 N–H and O–H groups in total. The van der Waals surface area contributed by atoms with Crippen LogP contribution in [0.5, 0.6) is 0 Å². The molecular formula is C36H50F2N10O2. The first kappa shape index (κ1) is 34.5. The Hall–Kier alpha value is -3.91. The van der Waals surface area contributed by atoms with E-state index in [1.807, 2.05) is 14.4 Å². The number of imidazole rings is 1. The highest BCUT2D eigenvalue weighted by Crippen LogP contribution is 2.34. The number of halogens is 2. The van der Waals surface area contributed by atoms with Crippen molar-refractivity contribution in [2.24, 2.45) is 17.8 Å². The number of amides is 2. The Bertz CT molecular complexity index is 1630. The minimum Gasteiger partial charge on any atom is -0.351 e. The molecule has 2 aliphatic heterocycles. The molecule has 7 rings (SSSR count). The van der Waals surface area contributed by atoms with Gasteiger partial charge < -0.3 is 30.2 Å². The molecule has 2 saturated carbocycles. The summed E-state index contributed by atoms with van der Waals surface area (Å²) >= 11 is 0. The van der Waals surface area contributed by atoms with Crippen molar-refractivity contribution in [3.8, 4) is 0 Å². The summed E-state index contributed by atoms with van der Waals surface area (Å²) in [5.41, 5.74) is 0.839. The fourth-order valence-electron chi connectivity index (χ4n) is 8.07. The first-order chi connectivity index (χ1) is 24.2. The van der Waals surface area contributed by atoms with Crippen molar-refractivity contribution in [2.45, 2.75) is 64.0 Å². The Kier molecular flexibility index (Phi) is 10.5. The van der Waals surface area contributed by atoms with Crippen molar-refractivity contribution in [1.82, 2.24) is 39.1 Å². The number of fused-ring (bicyclic) bond motifs is 1. The molecule has 50 heavy (non-hydrogen) atoms. The summed E-state index contributed by atoms with van der Waals surface area (Å²) < 4.78 is 31.4. The molecular weight excluding hydrogens is 642 g/mol. The molecule has 270 valence electrons. The van der Waals surface area contributed by atoms with E-state index in [9.17, 15) is 18.4 Å². The maximum Gasteiger partial charge on any atom is 0.225 e. The zero-order valence-corrected chi connectivity index (χ0v) is 29.3. The molecule has 1 aromatic carbocycles. The third-order valence-electron chi connectivity index (χ3n) is 11.4. The van der Waals surface area contributed by atoms with Crippen molar-refractivity contribution >= 4 is 40.6 Å². The largest absolute Gasteiger partial charge is 0.351 e. The molecule has 12 nitrogen and oxygen atoms in total. The van der Waals surface area contributed by atoms with Gasteiger partial charge in [0.05, 0.1) is 6.20 Å². The molecule has 2 aliphatic carbocycles. The number of nitrogens with one attached hydrogen (secondary N) is 2. The van der Waals surface area contributed by atoms with Crippen molar-refractivity contribution in [3.05, 3.63) is 36.0 Å². The third kappa shape index (κ3) is 7.70. The van der Waals surface area contributed by atoms with Crippen LogP contribution < -0.4 is 10.6 Å². The van der Waals surface area contributed by atoms with Crippen LogP contribution in [0.1, 0.15) is 51.4 Å². The lowest BCUT2D eigenvalue weighted by atomic mass is 9.81. The van der Waals surface area contributed by atoms with Gasteiger partial charge in [-0.1, -0.05) is 6.07 Å². The van der Waals surface area contributed by atoms with Crippen LogP contribution in [-0.2, 0) is 16.1 Å². The molecule has 0 atom stereocenters. The summed E-state index contributed by atoms with van der Waals surface area (Å²) in [6, 6.07) is 3.90. The maximum atomic E-state index is 14.8. The van der Waals surface area contributed by atoms with Gasteiger partial charge in [-0.15, -0.1) is 0 Å². The number of nitrogens with zero attached hydrogens (tertiary/aromatic N) is 8. The van der Waals surface area contributed by atoms with Crippen molar-refractivity contribution in [1.29, 1.82) is 0 Å². The Balaban J connectivity index is 1.04. The van der Waals surface area contributed by atoms with Crippen LogP contribution in [0.25, 0.3) is 11.2 Å². The normalized spacial score (nSPS) is 25.5. The van der Waals surface area contributed by atoms with E-state index in [0.717, 1.165) is 104 Å². The molecule has 4 aliphatic rings. The van der Waals surface area contributed by atoms with Gasteiger partial charge >= 0.3 is 0 Å². The van der Waals surface area contributed by atoms with Gasteiger partial charge in [0.2, 0.25) is 23.7 Å². The molecule has 0 bridgehead atoms. The minimum absolute atomic E-state index is 0.0318. The average molecular weight is 693 g/mol. The first-order valence-electron chi connectivity index (χ1n) is 18.4. The predicted molar refractivity (Wildman–Crippen MR) is 188 cm³/mol. The van der Waals surface area contributed by atoms with E-state index < -0.39 is 11.6 Å². The Morgan fingerprint density at radius 1 is 0.760 bits per heavy atom. The molecule has 14 heteroatoms. The van der Waals surface area contributed by atoms with Gasteiger partial charge in [-0.05, 0) is 83.5 Å². The Labute approximate surface area is 292 Å². The number of benzene rings is 1. The van der Waals surface area contributed by atoms with Gasteiger partial charge in [0.15, 0.2) is 5.65 Å². The Morgan fingerprint density at radius 2 is 1.30 bits per heavy atom. The van der Waals surface area contributed by atoms with Crippen LogP contribution in [-0.4, -0.2) is 123 Å². The second kappa shape index (κ2) is 15.1. The summed E-state index contributed by atoms with van der Waals surface area (Å²) in [5.74, 6) is 0.236. The predicted octanol–water partition coefficient (Wildman–Crippen LogP) is 4.17. The summed E-state index contributed by atoms with van der Waals surface area (Å²) in [7, 11) is 4.18. The molecule has 0 unspecified atom stereocenters. The number of aromatic nitrogens is 4. The summed E-state index contributed by atoms with van der Waals surface area (Å²) in [5, 5.41) is 6.42. The fourth-order valence-corrected chi connectivity index (χ4v) is 8.07. The van der Waals surface area contributed by atoms with Gasteiger partial charge in [0.1, 0.15) is 22.8 Å². The van der Waals surface area contributed by atoms with Crippen LogP contribution in [0.2, 0.25) is 0 Å². The molecule has 4 heterocycles. The number of hydrogen-bond acceptors (Lipinski definition) is 9. The van der Waals surface area contributed by atoms with Crippen molar-refractivity contribution < 1.29 is 18.4 Å². The monoisotopic (exact) mass is 692 g/mol. The van der Waals surface area contributed by atoms with Crippen molar-refractivity contribution in [3.63, 3.8) is 0 Å². The SMILES string of the molecule is CN1CCN(C(=O)C2CCC(Cn3c(Nc4c(F)cccc4F)nc4cnc(NC5CCC(C(=O)N6CCN(C)CC6)CC5)nc43)CC2)CC1. The second-order valence-corrected chi connectivity index (χ2v) is 14.8. The maximum absolute atomic E-state index is 14.8. The van der Waals surface area contributed by atoms with Crippen molar-refractivity contribution in [2.75, 3.05) is 77.1 Å². The number of hydrogen-bond donors (Lipinski definition) is 2. The van der Waals surface area contributed by atoms with Gasteiger partial charge in [-0.3, -0.25) is 14.2 Å². The number of carbonyl (C=O) groups is 2. The summed E-state index contributed by atoms with van der Waals surface area (Å²) in [6.45, 7) is 7.35. The lowest BCUT2D eigenvalue weighted by Crippen LogP contribution is -2.49. The number of carbonyl (C=O) groups excluding carboxylic acids is 2. The van der Waals surface area contributed by atoms with Crippen LogP contribution in [0.4, 0.5) is 26.4 Å². The first-order valence-corrected chi connectivity index (χ1v) is 18.4. The van der Waals surface area contributed by atoms with Gasteiger partial charge in [-0.2, -0.15) is 4.98 Å². The van der Waals surface area contributed by atoms with E-state index in [1.54, 1.807) is 6.20 Å². The second-order valence-electron chi connectivity index (χ2n) is 14.8. The lowest BCUT2D eigenvalue weighted by molar-refractivity contribution is -0.139. The lowest BCUT2D eigenvalue weighted by Gasteiger charge is -2.36. The molecule has 4 fully saturated rings. The van der Waals surface area contributed by atoms with Crippen LogP contribution in [0, 0.1) is 29.4 Å². The topological polar surface area (TPSA) is 115 Å². The van der Waals surface area contributed by atoms with Gasteiger partial charge in [-0.25, -0.2) is 18.7 Å². The van der Waals surface area contributed by atoms with E-state index in [1.165, 1.54) is 18.2 Å². The summed E-state index contributed by atoms with van der Waals surface area (Å²) in [4.78, 5) is 49.1. The smallest absolute Gasteiger partial charge is 0.225 e. The number of piperazine rings is 2. The van der Waals surface area contributed by atoms with Crippen LogP contribution in [0.3, 0.4) is 0 Å². The van der Waals surface area contributed by atoms with Crippen LogP contribution >= 0.6 is 0 Å². The number of rotatable bonds is 8. The van der Waals surface area contributed by atoms with Gasteiger partial charge in [0, 0.05) is 76.8 Å². The highest BCUT2D eigenvalue weighted by atomic mass is 19.1. The molecule has 0 spiro atoms. The van der Waals surface area contributed by atoms with E-state index in [0.29, 0.717) is 29.6 Å². The molecule has 2 aromatic heterocycles. The quantitative estimate of drug-likeness (QED) is 0.359. The Morgan fingerprint density at radius 3 is 1.86 bits per heavy atom. The average Bonchev–Trinajstić information content (AvgIpc) is 3.46. The molecule has 2 saturated heterocycles. The number of para-hydroxylation sites is 1. The third-order valence-corrected chi connectivity index (χ3v) is 11.4. The standard InChI is InChI=1S/C36H50F2N10O2/c1-44-14-18-46(19-15-44)33(49)25-8-6-24(7-9-25)23-48-32-30(41-36(48)42-31-28(37)4-3-5-29(31)38)22-39-35(43-32)40-27-12-10-26(11-13-27)34(50)47-20-16-45(2)17-21-47/h3-5,22,24-27H,6-21,23H2,1-2H3,(H,41,42)(H,39,40,43). The van der Waals surface area contributed by atoms with E-state index in [2.05, 4.69) is 44.5 Å². The van der Waals surface area contributed by atoms with E-state index in [-0.39, 0.29) is 41.3 Å². The molecule has 0 radical (unpaired) electrons. The zero-order valence-electron chi connectivity index (χ0n) is 29.3. The van der Waals surface area contributed by atoms with Crippen LogP contribution in [0.15, 0.2) is 24.4 Å². The molecule has 3 aromatic rings. The number of anilines is 3. The highest BCUT2D eigenvalue weighted by Gasteiger charge is 2.33. The van der Waals surface area contributed by atoms with E-state index in [4.69, 9.17) is 4.98 Å². The fraction of sp³-hybridized carbons (Fsp3) is 0.639. The summed E-state index contributed by atoms with van der Waals surface area (Å²) in [6.07, 6.45) is 8.35. The zero-order chi connectivity index (χ0) is 34.8. The molecule has 2 amide bonds. The number of likely N-dealkylation sites (N-methyl/N-ethyl adjacent to an activating group) is 2.